The van der Waals surface area contributed by atoms with Crippen LogP contribution in [0.5, 0.6) is 5.75 Å². The van der Waals surface area contributed by atoms with E-state index in [1.54, 1.807) is 29.0 Å². The zero-order valence-electron chi connectivity index (χ0n) is 22.4. The summed E-state index contributed by atoms with van der Waals surface area (Å²) in [6.07, 6.45) is 7.67. The Bertz CT molecular complexity index is 1150. The number of amides is 3. The molecule has 0 aromatic heterocycles. The van der Waals surface area contributed by atoms with Crippen LogP contribution in [0, 0.1) is 17.8 Å². The van der Waals surface area contributed by atoms with Crippen molar-refractivity contribution in [3.05, 3.63) is 48.6 Å². The molecule has 1 N–H and O–H groups in total. The first-order valence-corrected chi connectivity index (χ1v) is 13.5. The summed E-state index contributed by atoms with van der Waals surface area (Å²) in [6.45, 7) is 6.88. The minimum Gasteiger partial charge on any atom is -0.497 e. The molecule has 3 amide bonds. The summed E-state index contributed by atoms with van der Waals surface area (Å²) in [6, 6.07) is 5.56. The number of fused-ring (bicyclic) bond motifs is 2. The average Bonchev–Trinajstić information content (AvgIpc) is 3.22. The fraction of sp³-hybridized carbons (Fsp3) is 0.552. The van der Waals surface area contributed by atoms with Crippen molar-refractivity contribution in [2.45, 2.75) is 51.0 Å². The number of rotatable bonds is 7. The lowest BCUT2D eigenvalue weighted by atomic mass is 9.77. The molecule has 6 atom stereocenters. The van der Waals surface area contributed by atoms with Crippen molar-refractivity contribution in [2.24, 2.45) is 17.8 Å². The number of carbonyl (C=O) groups excluding carboxylic acids is 3. The molecular weight excluding hydrogens is 486 g/mol. The molecule has 1 spiro atoms. The lowest BCUT2D eigenvalue weighted by Gasteiger charge is -2.39. The Labute approximate surface area is 223 Å². The van der Waals surface area contributed by atoms with Gasteiger partial charge in [-0.3, -0.25) is 14.4 Å². The molecule has 9 heteroatoms. The minimum absolute atomic E-state index is 0.119. The smallest absolute Gasteiger partial charge is 0.253 e. The monoisotopic (exact) mass is 523 g/mol. The lowest BCUT2D eigenvalue weighted by Crippen LogP contribution is -2.59. The molecule has 5 rings (SSSR count). The molecule has 1 unspecified atom stereocenters. The number of aliphatic hydroxyl groups is 1. The number of aliphatic hydroxyl groups excluding tert-OH is 1. The van der Waals surface area contributed by atoms with E-state index < -0.39 is 35.6 Å². The van der Waals surface area contributed by atoms with E-state index in [1.165, 1.54) is 4.90 Å². The number of ether oxygens (including phenoxy) is 2. The fourth-order valence-corrected chi connectivity index (χ4v) is 6.57. The van der Waals surface area contributed by atoms with Crippen molar-refractivity contribution in [1.29, 1.82) is 0 Å². The van der Waals surface area contributed by atoms with Gasteiger partial charge in [-0.05, 0) is 36.6 Å². The third-order valence-electron chi connectivity index (χ3n) is 8.37. The van der Waals surface area contributed by atoms with Gasteiger partial charge >= 0.3 is 0 Å². The third kappa shape index (κ3) is 3.94. The molecule has 2 saturated heterocycles. The van der Waals surface area contributed by atoms with Gasteiger partial charge in [0.2, 0.25) is 11.8 Å². The fourth-order valence-electron chi connectivity index (χ4n) is 6.57. The predicted octanol–water partition coefficient (Wildman–Crippen LogP) is 2.00. The lowest BCUT2D eigenvalue weighted by molar-refractivity contribution is -0.147. The number of carbonyl (C=O) groups is 3. The van der Waals surface area contributed by atoms with E-state index in [-0.39, 0.29) is 36.8 Å². The van der Waals surface area contributed by atoms with Crippen LogP contribution in [-0.2, 0) is 19.1 Å². The van der Waals surface area contributed by atoms with Crippen LogP contribution in [0.25, 0.3) is 0 Å². The highest BCUT2D eigenvalue weighted by Gasteiger charge is 2.72. The highest BCUT2D eigenvalue weighted by atomic mass is 16.5. The molecular formula is C29H37N3O6. The maximum Gasteiger partial charge on any atom is 0.253 e. The van der Waals surface area contributed by atoms with E-state index in [2.05, 4.69) is 0 Å². The van der Waals surface area contributed by atoms with Crippen LogP contribution in [0.2, 0.25) is 0 Å². The second kappa shape index (κ2) is 10.2. The van der Waals surface area contributed by atoms with Crippen LogP contribution >= 0.6 is 0 Å². The van der Waals surface area contributed by atoms with Gasteiger partial charge < -0.3 is 29.3 Å². The molecule has 0 saturated carbocycles. The summed E-state index contributed by atoms with van der Waals surface area (Å²) < 4.78 is 11.9. The van der Waals surface area contributed by atoms with Crippen molar-refractivity contribution in [2.75, 3.05) is 38.3 Å². The highest BCUT2D eigenvalue weighted by molar-refractivity contribution is 6.06. The van der Waals surface area contributed by atoms with Gasteiger partial charge in [0.1, 0.15) is 17.4 Å². The first-order chi connectivity index (χ1) is 18.3. The normalized spacial score (nSPS) is 31.3. The Morgan fingerprint density at radius 2 is 1.82 bits per heavy atom. The van der Waals surface area contributed by atoms with Gasteiger partial charge in [-0.25, -0.2) is 0 Å². The maximum absolute atomic E-state index is 14.4. The van der Waals surface area contributed by atoms with E-state index in [9.17, 15) is 19.5 Å². The van der Waals surface area contributed by atoms with Gasteiger partial charge in [-0.15, -0.1) is 0 Å². The molecule has 0 radical (unpaired) electrons. The van der Waals surface area contributed by atoms with E-state index in [0.717, 1.165) is 6.42 Å². The summed E-state index contributed by atoms with van der Waals surface area (Å²) in [7, 11) is 1.58. The van der Waals surface area contributed by atoms with E-state index in [0.29, 0.717) is 24.5 Å². The van der Waals surface area contributed by atoms with Crippen molar-refractivity contribution in [3.8, 4) is 5.75 Å². The number of hydrogen-bond donors (Lipinski definition) is 1. The van der Waals surface area contributed by atoms with Crippen molar-refractivity contribution >= 4 is 23.4 Å². The standard InChI is InChI=1S/C29H37N3O6/c1-5-14-30-15-6-8-22-23(26(30)34)24-27(35)32(21(17-33)18(2)3)25-28(36)31(16-7-13-29(24,25)38-22)19-9-11-20(37-4)12-10-19/h6-13,18,21-25,33H,5,14-17H2,1-4H3/t21-,22-,23+,24-,25?,29-/m0/s1. The molecule has 1 aromatic rings. The molecule has 2 fully saturated rings. The third-order valence-corrected chi connectivity index (χ3v) is 8.37. The first kappa shape index (κ1) is 26.4. The first-order valence-electron chi connectivity index (χ1n) is 13.5. The summed E-state index contributed by atoms with van der Waals surface area (Å²) in [5.74, 6) is -1.79. The van der Waals surface area contributed by atoms with E-state index >= 15 is 0 Å². The summed E-state index contributed by atoms with van der Waals surface area (Å²) in [5, 5.41) is 10.4. The second-order valence-corrected chi connectivity index (χ2v) is 10.8. The van der Waals surface area contributed by atoms with Crippen molar-refractivity contribution in [3.63, 3.8) is 0 Å². The topological polar surface area (TPSA) is 99.6 Å². The largest absolute Gasteiger partial charge is 0.497 e. The van der Waals surface area contributed by atoms with Crippen LogP contribution in [0.15, 0.2) is 48.6 Å². The number of benzene rings is 1. The summed E-state index contributed by atoms with van der Waals surface area (Å²) in [5.41, 5.74) is -0.654. The maximum atomic E-state index is 14.4. The van der Waals surface area contributed by atoms with Crippen LogP contribution < -0.4 is 9.64 Å². The van der Waals surface area contributed by atoms with Crippen LogP contribution in [0.4, 0.5) is 5.69 Å². The Morgan fingerprint density at radius 1 is 1.08 bits per heavy atom. The zero-order chi connectivity index (χ0) is 27.2. The molecule has 1 aromatic carbocycles. The summed E-state index contributed by atoms with van der Waals surface area (Å²) >= 11 is 0. The van der Waals surface area contributed by atoms with Crippen molar-refractivity contribution < 1.29 is 29.0 Å². The van der Waals surface area contributed by atoms with Crippen LogP contribution in [0.1, 0.15) is 27.2 Å². The molecule has 4 heterocycles. The van der Waals surface area contributed by atoms with Gasteiger partial charge in [-0.2, -0.15) is 0 Å². The Balaban J connectivity index is 1.63. The quantitative estimate of drug-likeness (QED) is 0.549. The molecule has 204 valence electrons. The number of nitrogens with zero attached hydrogens (tertiary/aromatic N) is 3. The average molecular weight is 524 g/mol. The molecule has 0 bridgehead atoms. The van der Waals surface area contributed by atoms with E-state index in [4.69, 9.17) is 9.47 Å². The SMILES string of the molecule is CCCN1CC=C[C@@H]2O[C@]34C=CCN(c5ccc(OC)cc5)C(=O)C3N([C@@H](CO)C(C)C)C(=O)[C@@H]4[C@@H]2C1=O. The van der Waals surface area contributed by atoms with Gasteiger partial charge in [-0.1, -0.05) is 45.1 Å². The van der Waals surface area contributed by atoms with Crippen LogP contribution in [0.3, 0.4) is 0 Å². The number of methoxy groups -OCH3 is 1. The van der Waals surface area contributed by atoms with Gasteiger partial charge in [0.05, 0.1) is 37.7 Å². The summed E-state index contributed by atoms with van der Waals surface area (Å²) in [4.78, 5) is 47.5. The minimum atomic E-state index is -1.32. The Morgan fingerprint density at radius 3 is 2.45 bits per heavy atom. The predicted molar refractivity (Wildman–Crippen MR) is 141 cm³/mol. The molecule has 9 nitrogen and oxygen atoms in total. The van der Waals surface area contributed by atoms with Crippen molar-refractivity contribution in [1.82, 2.24) is 9.80 Å². The molecule has 4 aliphatic rings. The number of anilines is 1. The van der Waals surface area contributed by atoms with Gasteiger partial charge in [0.15, 0.2) is 0 Å². The highest BCUT2D eigenvalue weighted by Crippen LogP contribution is 2.54. The molecule has 38 heavy (non-hydrogen) atoms. The Hall–Kier alpha value is -3.17. The van der Waals surface area contributed by atoms with Gasteiger partial charge in [0, 0.05) is 25.3 Å². The van der Waals surface area contributed by atoms with E-state index in [1.807, 2.05) is 57.2 Å². The molecule has 4 aliphatic heterocycles. The molecule has 0 aliphatic carbocycles. The second-order valence-electron chi connectivity index (χ2n) is 10.8. The van der Waals surface area contributed by atoms with Gasteiger partial charge in [0.25, 0.3) is 5.91 Å². The number of hydrogen-bond acceptors (Lipinski definition) is 6. The number of likely N-dealkylation sites (tertiary alicyclic amines) is 1. The van der Waals surface area contributed by atoms with Crippen LogP contribution in [-0.4, -0.2) is 89.8 Å². The Kier molecular flexibility index (Phi) is 7.09. The zero-order valence-corrected chi connectivity index (χ0v) is 22.4.